The number of hydrogen-bond donors (Lipinski definition) is 0. The third-order valence-corrected chi connectivity index (χ3v) is 5.02. The molecule has 145 valence electrons. The minimum absolute atomic E-state index is 0. The summed E-state index contributed by atoms with van der Waals surface area (Å²) in [4.78, 5) is 0. The van der Waals surface area contributed by atoms with Gasteiger partial charge in [-0.15, -0.1) is 0 Å². The molecule has 0 aliphatic rings. The number of hydrogen-bond acceptors (Lipinski definition) is 4. The first kappa shape index (κ1) is 25.9. The zero-order valence-corrected chi connectivity index (χ0v) is 19.4. The standard InChI is InChI=1S/C20H34O4S.Na/c1-2-3-4-5-6-7-8-9-10-11-12-16-19-23-25(21,22)24-20-17-14-13-15-18-20;/h13-15,17-18H,2-12,16,19H2,1H3;. The number of benzene rings is 1. The minimum Gasteiger partial charge on any atom is -0.362 e. The van der Waals surface area contributed by atoms with Crippen LogP contribution in [0.5, 0.6) is 5.75 Å². The Balaban J connectivity index is 0.00000625. The Morgan fingerprint density at radius 2 is 1.19 bits per heavy atom. The molecule has 0 spiro atoms. The van der Waals surface area contributed by atoms with E-state index in [0.717, 1.165) is 19.3 Å². The fraction of sp³-hybridized carbons (Fsp3) is 0.700. The van der Waals surface area contributed by atoms with Gasteiger partial charge < -0.3 is 4.18 Å². The Bertz CT molecular complexity index is 520. The molecular formula is C20H34NaO4S. The van der Waals surface area contributed by atoms with Gasteiger partial charge in [0.05, 0.1) is 6.61 Å². The quantitative estimate of drug-likeness (QED) is 0.269. The summed E-state index contributed by atoms with van der Waals surface area (Å²) in [7, 11) is -3.95. The van der Waals surface area contributed by atoms with E-state index in [1.54, 1.807) is 30.3 Å². The second-order valence-electron chi connectivity index (χ2n) is 6.52. The van der Waals surface area contributed by atoms with Gasteiger partial charge in [0.2, 0.25) is 0 Å². The van der Waals surface area contributed by atoms with Gasteiger partial charge in [0.1, 0.15) is 5.75 Å². The molecule has 0 bridgehead atoms. The Morgan fingerprint density at radius 1 is 0.731 bits per heavy atom. The predicted octanol–water partition coefficient (Wildman–Crippen LogP) is 5.65. The first-order valence-electron chi connectivity index (χ1n) is 9.78. The molecule has 1 radical (unpaired) electrons. The molecule has 1 aromatic rings. The smallest absolute Gasteiger partial charge is 0.362 e. The van der Waals surface area contributed by atoms with Gasteiger partial charge in [-0.3, -0.25) is 0 Å². The molecule has 1 aromatic carbocycles. The summed E-state index contributed by atoms with van der Waals surface area (Å²) in [5.74, 6) is 0.275. The van der Waals surface area contributed by atoms with E-state index in [1.165, 1.54) is 57.8 Å². The van der Waals surface area contributed by atoms with Crippen molar-refractivity contribution in [3.63, 3.8) is 0 Å². The van der Waals surface area contributed by atoms with Crippen molar-refractivity contribution in [1.29, 1.82) is 0 Å². The van der Waals surface area contributed by atoms with Crippen molar-refractivity contribution in [2.75, 3.05) is 6.61 Å². The molecule has 0 saturated carbocycles. The van der Waals surface area contributed by atoms with Crippen LogP contribution in [0.15, 0.2) is 30.3 Å². The van der Waals surface area contributed by atoms with E-state index in [-0.39, 0.29) is 41.9 Å². The monoisotopic (exact) mass is 393 g/mol. The molecule has 6 heteroatoms. The Labute approximate surface area is 182 Å². The summed E-state index contributed by atoms with van der Waals surface area (Å²) in [5.41, 5.74) is 0. The zero-order chi connectivity index (χ0) is 18.2. The average molecular weight is 394 g/mol. The minimum atomic E-state index is -3.95. The molecule has 1 rings (SSSR count). The molecule has 0 aliphatic carbocycles. The zero-order valence-electron chi connectivity index (χ0n) is 16.6. The average Bonchev–Trinajstić information content (AvgIpc) is 2.59. The molecule has 0 amide bonds. The van der Waals surface area contributed by atoms with Gasteiger partial charge in [-0.1, -0.05) is 95.8 Å². The molecule has 0 aliphatic heterocycles. The van der Waals surface area contributed by atoms with E-state index in [9.17, 15) is 8.42 Å². The fourth-order valence-corrected chi connectivity index (χ4v) is 3.44. The van der Waals surface area contributed by atoms with Crippen LogP contribution in [0.25, 0.3) is 0 Å². The second-order valence-corrected chi connectivity index (χ2v) is 7.73. The number of rotatable bonds is 16. The van der Waals surface area contributed by atoms with Crippen LogP contribution < -0.4 is 4.18 Å². The van der Waals surface area contributed by atoms with Crippen molar-refractivity contribution in [3.05, 3.63) is 30.3 Å². The second kappa shape index (κ2) is 17.1. The van der Waals surface area contributed by atoms with Crippen molar-refractivity contribution < 1.29 is 16.8 Å². The molecule has 0 heterocycles. The van der Waals surface area contributed by atoms with Crippen molar-refractivity contribution in [2.24, 2.45) is 0 Å². The summed E-state index contributed by atoms with van der Waals surface area (Å²) in [6, 6.07) is 8.41. The molecule has 0 aromatic heterocycles. The van der Waals surface area contributed by atoms with Crippen LogP contribution in [0.1, 0.15) is 84.0 Å². The van der Waals surface area contributed by atoms with Crippen molar-refractivity contribution in [2.45, 2.75) is 84.0 Å². The van der Waals surface area contributed by atoms with E-state index in [1.807, 2.05) is 0 Å². The summed E-state index contributed by atoms with van der Waals surface area (Å²) < 4.78 is 33.0. The van der Waals surface area contributed by atoms with E-state index >= 15 is 0 Å². The van der Waals surface area contributed by atoms with Gasteiger partial charge in [-0.2, -0.15) is 8.42 Å². The van der Waals surface area contributed by atoms with Gasteiger partial charge in [-0.25, -0.2) is 4.18 Å². The Hall–Kier alpha value is -0.0700. The summed E-state index contributed by atoms with van der Waals surface area (Å²) in [5, 5.41) is 0. The molecule has 0 saturated heterocycles. The maximum absolute atomic E-state index is 11.7. The fourth-order valence-electron chi connectivity index (χ4n) is 2.72. The molecule has 0 fully saturated rings. The topological polar surface area (TPSA) is 52.6 Å². The normalized spacial score (nSPS) is 11.1. The molecule has 0 N–H and O–H groups in total. The molecule has 0 atom stereocenters. The maximum Gasteiger partial charge on any atom is 0.449 e. The summed E-state index contributed by atoms with van der Waals surface area (Å²) in [6.07, 6.45) is 14.9. The maximum atomic E-state index is 11.7. The van der Waals surface area contributed by atoms with Crippen molar-refractivity contribution in [1.82, 2.24) is 0 Å². The first-order chi connectivity index (χ1) is 12.1. The largest absolute Gasteiger partial charge is 0.449 e. The molecular weight excluding hydrogens is 359 g/mol. The molecule has 4 nitrogen and oxygen atoms in total. The van der Waals surface area contributed by atoms with Gasteiger partial charge in [0, 0.05) is 29.6 Å². The summed E-state index contributed by atoms with van der Waals surface area (Å²) >= 11 is 0. The van der Waals surface area contributed by atoms with Crippen LogP contribution in [-0.4, -0.2) is 44.6 Å². The SMILES string of the molecule is CCCCCCCCCCCCCCOS(=O)(=O)Oc1ccccc1.[Na]. The number of para-hydroxylation sites is 1. The van der Waals surface area contributed by atoms with E-state index in [4.69, 9.17) is 8.37 Å². The van der Waals surface area contributed by atoms with Gasteiger partial charge in [0.15, 0.2) is 0 Å². The third kappa shape index (κ3) is 15.0. The molecule has 26 heavy (non-hydrogen) atoms. The van der Waals surface area contributed by atoms with Crippen molar-refractivity contribution in [3.8, 4) is 5.75 Å². The van der Waals surface area contributed by atoms with Crippen LogP contribution in [0.3, 0.4) is 0 Å². The van der Waals surface area contributed by atoms with E-state index in [2.05, 4.69) is 6.92 Å². The van der Waals surface area contributed by atoms with Crippen LogP contribution in [-0.2, 0) is 14.6 Å². The first-order valence-corrected chi connectivity index (χ1v) is 11.1. The third-order valence-electron chi connectivity index (χ3n) is 4.17. The van der Waals surface area contributed by atoms with Crippen LogP contribution in [0, 0.1) is 0 Å². The van der Waals surface area contributed by atoms with Gasteiger partial charge in [-0.05, 0) is 18.6 Å². The van der Waals surface area contributed by atoms with Crippen LogP contribution >= 0.6 is 0 Å². The van der Waals surface area contributed by atoms with Gasteiger partial charge >= 0.3 is 10.4 Å². The van der Waals surface area contributed by atoms with Crippen LogP contribution in [0.4, 0.5) is 0 Å². The molecule has 0 unspecified atom stereocenters. The Morgan fingerprint density at radius 3 is 1.69 bits per heavy atom. The van der Waals surface area contributed by atoms with Crippen molar-refractivity contribution >= 4 is 40.0 Å². The van der Waals surface area contributed by atoms with E-state index in [0.29, 0.717) is 0 Å². The Kier molecular flexibility index (Phi) is 17.0. The number of unbranched alkanes of at least 4 members (excludes halogenated alkanes) is 11. The summed E-state index contributed by atoms with van der Waals surface area (Å²) in [6.45, 7) is 2.43. The van der Waals surface area contributed by atoms with Crippen LogP contribution in [0.2, 0.25) is 0 Å². The predicted molar refractivity (Wildman–Crippen MR) is 109 cm³/mol. The van der Waals surface area contributed by atoms with E-state index < -0.39 is 10.4 Å². The van der Waals surface area contributed by atoms with Gasteiger partial charge in [0.25, 0.3) is 0 Å².